The van der Waals surface area contributed by atoms with Gasteiger partial charge in [-0.15, -0.1) is 11.3 Å². The van der Waals surface area contributed by atoms with Crippen LogP contribution in [-0.2, 0) is 27.7 Å². The summed E-state index contributed by atoms with van der Waals surface area (Å²) in [4.78, 5) is 12.1. The van der Waals surface area contributed by atoms with E-state index in [0.29, 0.717) is 35.2 Å². The van der Waals surface area contributed by atoms with Crippen LogP contribution in [0, 0.1) is 0 Å². The molecule has 2 aromatic heterocycles. The molecule has 0 spiro atoms. The Hall–Kier alpha value is -2.23. The standard InChI is InChI=1S/C23H27NO5S3/c1-4-29-18-7-10-21-20(13-18)17(6-11-22(25)26)14-24(21)32(27,28)23-12-9-19(31-23)8-5-16(2)15-30-3/h5,7,9-10,12-14H,4,6,8,11,15H2,1-3H3,(H,25,26). The number of thiophene rings is 1. The van der Waals surface area contributed by atoms with Crippen molar-refractivity contribution in [2.24, 2.45) is 0 Å². The van der Waals surface area contributed by atoms with Gasteiger partial charge in [0.05, 0.1) is 12.1 Å². The number of carboxylic acids is 1. The second-order valence-corrected chi connectivity index (χ2v) is 11.4. The van der Waals surface area contributed by atoms with Gasteiger partial charge in [0.1, 0.15) is 9.96 Å². The van der Waals surface area contributed by atoms with E-state index in [1.54, 1.807) is 42.2 Å². The number of thioether (sulfide) groups is 1. The van der Waals surface area contributed by atoms with Crippen molar-refractivity contribution in [3.63, 3.8) is 0 Å². The van der Waals surface area contributed by atoms with Gasteiger partial charge in [0.2, 0.25) is 0 Å². The summed E-state index contributed by atoms with van der Waals surface area (Å²) in [6.07, 6.45) is 6.57. The Morgan fingerprint density at radius 3 is 2.75 bits per heavy atom. The van der Waals surface area contributed by atoms with Crippen LogP contribution in [0.4, 0.5) is 0 Å². The van der Waals surface area contributed by atoms with E-state index in [2.05, 4.69) is 19.3 Å². The summed E-state index contributed by atoms with van der Waals surface area (Å²) < 4.78 is 34.0. The molecular formula is C23H27NO5S3. The lowest BCUT2D eigenvalue weighted by Gasteiger charge is -2.07. The average molecular weight is 494 g/mol. The number of aryl methyl sites for hydroxylation is 1. The SMILES string of the molecule is CCOc1ccc2c(c1)c(CCC(=O)O)cn2S(=O)(=O)c1ccc(CC=C(C)CSC)s1. The molecule has 6 nitrogen and oxygen atoms in total. The van der Waals surface area contributed by atoms with Crippen LogP contribution in [-0.4, -0.2) is 42.1 Å². The Labute approximate surface area is 197 Å². The molecule has 0 aliphatic rings. The van der Waals surface area contributed by atoms with Crippen molar-refractivity contribution < 1.29 is 23.1 Å². The molecule has 1 aromatic carbocycles. The van der Waals surface area contributed by atoms with Crippen molar-refractivity contribution in [2.75, 3.05) is 18.6 Å². The summed E-state index contributed by atoms with van der Waals surface area (Å²) in [6.45, 7) is 4.43. The summed E-state index contributed by atoms with van der Waals surface area (Å²) in [6, 6.07) is 8.72. The maximum Gasteiger partial charge on any atom is 0.303 e. The van der Waals surface area contributed by atoms with E-state index in [9.17, 15) is 13.2 Å². The summed E-state index contributed by atoms with van der Waals surface area (Å²) >= 11 is 3.02. The van der Waals surface area contributed by atoms with E-state index in [-0.39, 0.29) is 17.1 Å². The zero-order valence-corrected chi connectivity index (χ0v) is 20.8. The Morgan fingerprint density at radius 1 is 1.28 bits per heavy atom. The number of nitrogens with zero attached hydrogens (tertiary/aromatic N) is 1. The molecule has 0 atom stereocenters. The number of rotatable bonds is 11. The van der Waals surface area contributed by atoms with Gasteiger partial charge in [-0.2, -0.15) is 20.2 Å². The third-order valence-electron chi connectivity index (χ3n) is 4.92. The lowest BCUT2D eigenvalue weighted by atomic mass is 10.1. The van der Waals surface area contributed by atoms with Crippen molar-refractivity contribution >= 4 is 50.0 Å². The van der Waals surface area contributed by atoms with Gasteiger partial charge in [-0.1, -0.05) is 11.6 Å². The van der Waals surface area contributed by atoms with Crippen LogP contribution in [0.2, 0.25) is 0 Å². The molecule has 0 saturated heterocycles. The highest BCUT2D eigenvalue weighted by Gasteiger charge is 2.23. The molecule has 0 amide bonds. The molecule has 9 heteroatoms. The molecular weight excluding hydrogens is 466 g/mol. The quantitative estimate of drug-likeness (QED) is 0.369. The molecule has 0 fully saturated rings. The van der Waals surface area contributed by atoms with Gasteiger partial charge in [-0.05, 0) is 62.4 Å². The molecule has 172 valence electrons. The number of allylic oxidation sites excluding steroid dienone is 1. The minimum absolute atomic E-state index is 0.0805. The third kappa shape index (κ3) is 5.57. The zero-order valence-electron chi connectivity index (χ0n) is 18.3. The average Bonchev–Trinajstić information content (AvgIpc) is 3.37. The van der Waals surface area contributed by atoms with Gasteiger partial charge in [0.25, 0.3) is 10.0 Å². The summed E-state index contributed by atoms with van der Waals surface area (Å²) in [5, 5.41) is 9.79. The molecule has 3 rings (SSSR count). The third-order valence-corrected chi connectivity index (χ3v) is 8.91. The maximum atomic E-state index is 13.5. The molecule has 0 bridgehead atoms. The van der Waals surface area contributed by atoms with Gasteiger partial charge in [0, 0.05) is 35.1 Å². The van der Waals surface area contributed by atoms with Crippen molar-refractivity contribution in [1.82, 2.24) is 3.97 Å². The van der Waals surface area contributed by atoms with Gasteiger partial charge in [-0.3, -0.25) is 4.79 Å². The number of hydrogen-bond donors (Lipinski definition) is 1. The molecule has 2 heterocycles. The zero-order chi connectivity index (χ0) is 23.3. The van der Waals surface area contributed by atoms with Crippen LogP contribution in [0.1, 0.15) is 30.7 Å². The number of aromatic nitrogens is 1. The van der Waals surface area contributed by atoms with Gasteiger partial charge >= 0.3 is 5.97 Å². The van der Waals surface area contributed by atoms with Crippen molar-refractivity contribution in [1.29, 1.82) is 0 Å². The van der Waals surface area contributed by atoms with E-state index >= 15 is 0 Å². The number of carboxylic acid groups (broad SMARTS) is 1. The van der Waals surface area contributed by atoms with Gasteiger partial charge < -0.3 is 9.84 Å². The fraction of sp³-hybridized carbons (Fsp3) is 0.348. The van der Waals surface area contributed by atoms with Crippen LogP contribution in [0.5, 0.6) is 5.75 Å². The lowest BCUT2D eigenvalue weighted by molar-refractivity contribution is -0.136. The van der Waals surface area contributed by atoms with Crippen molar-refractivity contribution in [3.05, 3.63) is 58.6 Å². The Morgan fingerprint density at radius 2 is 2.06 bits per heavy atom. The first kappa shape index (κ1) is 24.4. The summed E-state index contributed by atoms with van der Waals surface area (Å²) in [5.41, 5.74) is 2.44. The Kier molecular flexibility index (Phi) is 8.08. The minimum Gasteiger partial charge on any atom is -0.494 e. The predicted octanol–water partition coefficient (Wildman–Crippen LogP) is 5.21. The molecule has 0 saturated carbocycles. The Balaban J connectivity index is 2.00. The Bertz CT molecular complexity index is 1240. The van der Waals surface area contributed by atoms with Gasteiger partial charge in [-0.25, -0.2) is 3.97 Å². The minimum atomic E-state index is -3.81. The highest BCUT2D eigenvalue weighted by molar-refractivity contribution is 7.98. The maximum absolute atomic E-state index is 13.5. The van der Waals surface area contributed by atoms with E-state index in [1.165, 1.54) is 20.9 Å². The van der Waals surface area contributed by atoms with Crippen LogP contribution >= 0.6 is 23.1 Å². The van der Waals surface area contributed by atoms with Crippen LogP contribution in [0.3, 0.4) is 0 Å². The molecule has 1 N–H and O–H groups in total. The lowest BCUT2D eigenvalue weighted by Crippen LogP contribution is -2.10. The van der Waals surface area contributed by atoms with E-state index in [1.807, 2.05) is 13.0 Å². The molecule has 32 heavy (non-hydrogen) atoms. The highest BCUT2D eigenvalue weighted by Crippen LogP contribution is 2.32. The molecule has 0 unspecified atom stereocenters. The van der Waals surface area contributed by atoms with E-state index in [0.717, 1.165) is 10.6 Å². The first-order valence-corrected chi connectivity index (χ1v) is 13.9. The van der Waals surface area contributed by atoms with Crippen molar-refractivity contribution in [2.45, 2.75) is 37.3 Å². The molecule has 0 radical (unpaired) electrons. The number of hydrogen-bond acceptors (Lipinski definition) is 6. The number of benzene rings is 1. The number of carbonyl (C=O) groups is 1. The largest absolute Gasteiger partial charge is 0.494 e. The smallest absolute Gasteiger partial charge is 0.303 e. The molecule has 3 aromatic rings. The first-order chi connectivity index (χ1) is 15.3. The molecule has 0 aliphatic heterocycles. The summed E-state index contributed by atoms with van der Waals surface area (Å²) in [7, 11) is -3.81. The van der Waals surface area contributed by atoms with Gasteiger partial charge in [0.15, 0.2) is 0 Å². The fourth-order valence-corrected chi connectivity index (χ4v) is 6.78. The number of fused-ring (bicyclic) bond motifs is 1. The second kappa shape index (κ2) is 10.6. The van der Waals surface area contributed by atoms with Crippen LogP contribution < -0.4 is 4.74 Å². The predicted molar refractivity (Wildman–Crippen MR) is 132 cm³/mol. The number of ether oxygens (including phenoxy) is 1. The van der Waals surface area contributed by atoms with Crippen LogP contribution in [0.25, 0.3) is 10.9 Å². The molecule has 0 aliphatic carbocycles. The fourth-order valence-electron chi connectivity index (χ4n) is 3.41. The topological polar surface area (TPSA) is 85.6 Å². The monoisotopic (exact) mass is 493 g/mol. The highest BCUT2D eigenvalue weighted by atomic mass is 32.2. The second-order valence-electron chi connectivity index (χ2n) is 7.37. The van der Waals surface area contributed by atoms with Crippen LogP contribution in [0.15, 0.2) is 52.4 Å². The number of aliphatic carboxylic acids is 1. The van der Waals surface area contributed by atoms with E-state index in [4.69, 9.17) is 9.84 Å². The van der Waals surface area contributed by atoms with E-state index < -0.39 is 16.0 Å². The van der Waals surface area contributed by atoms with Crippen molar-refractivity contribution in [3.8, 4) is 5.75 Å². The normalized spacial score (nSPS) is 12.4. The summed E-state index contributed by atoms with van der Waals surface area (Å²) in [5.74, 6) is 0.648. The first-order valence-electron chi connectivity index (χ1n) is 10.2.